The zero-order valence-corrected chi connectivity index (χ0v) is 42.5. The van der Waals surface area contributed by atoms with Crippen LogP contribution in [0.4, 0.5) is 87.8 Å². The molecular weight excluding hydrogens is 1120 g/mol. The molecule has 0 unspecified atom stereocenters. The van der Waals surface area contributed by atoms with Crippen LogP contribution in [0.5, 0.6) is 0 Å². The summed E-state index contributed by atoms with van der Waals surface area (Å²) in [6.07, 6.45) is -7.22. The van der Waals surface area contributed by atoms with Crippen LogP contribution in [0.2, 0.25) is 0 Å². The van der Waals surface area contributed by atoms with Crippen molar-refractivity contribution in [3.63, 3.8) is 0 Å². The maximum atomic E-state index is 15.4. The Bertz CT molecular complexity index is 2060. The van der Waals surface area contributed by atoms with Crippen molar-refractivity contribution in [1.29, 1.82) is 0 Å². The minimum absolute atomic E-state index is 0. The second-order valence-electron chi connectivity index (χ2n) is 16.7. The van der Waals surface area contributed by atoms with Gasteiger partial charge in [-0.3, -0.25) is 0 Å². The first-order valence-corrected chi connectivity index (χ1v) is 23.4. The third kappa shape index (κ3) is 13.2. The number of carboxylic acids is 1. The fourth-order valence-electron chi connectivity index (χ4n) is 8.45. The number of hydrogen-bond acceptors (Lipinski definition) is 2. The van der Waals surface area contributed by atoms with Crippen LogP contribution in [0.15, 0.2) is 0 Å². The van der Waals surface area contributed by atoms with Crippen LogP contribution in [-0.4, -0.2) is 46.1 Å². The van der Waals surface area contributed by atoms with E-state index < -0.39 is 150 Å². The van der Waals surface area contributed by atoms with E-state index in [1.54, 1.807) is 0 Å². The van der Waals surface area contributed by atoms with Crippen molar-refractivity contribution in [2.24, 2.45) is 0 Å². The van der Waals surface area contributed by atoms with E-state index in [0.717, 1.165) is 40.9 Å². The van der Waals surface area contributed by atoms with Gasteiger partial charge in [0.15, 0.2) is 69.8 Å². The third-order valence-electron chi connectivity index (χ3n) is 10.3. The molecular formula is C44H45BF20O2P2Pd. The molecule has 0 fully saturated rings. The summed E-state index contributed by atoms with van der Waals surface area (Å²) in [5, 5.41) is 8.89. The molecule has 26 heteroatoms. The minimum atomic E-state index is -7.22. The smallest absolute Gasteiger partial charge is 0.550 e. The van der Waals surface area contributed by atoms with Crippen molar-refractivity contribution in [2.45, 2.75) is 124 Å². The Morgan fingerprint density at radius 1 is 0.300 bits per heavy atom. The van der Waals surface area contributed by atoms with Gasteiger partial charge in [-0.1, -0.05) is 98.9 Å². The summed E-state index contributed by atoms with van der Waals surface area (Å²) in [6.45, 7) is 29.2. The van der Waals surface area contributed by atoms with E-state index in [-0.39, 0.29) is 36.3 Å². The van der Waals surface area contributed by atoms with Crippen LogP contribution in [0.25, 0.3) is 0 Å². The Labute approximate surface area is 407 Å². The Hall–Kier alpha value is -3.46. The molecule has 4 aromatic rings. The number of benzene rings is 4. The minimum Gasteiger partial charge on any atom is -0.550 e. The second kappa shape index (κ2) is 26.5. The molecule has 0 saturated carbocycles. The molecule has 396 valence electrons. The molecule has 0 N–H and O–H groups in total. The van der Waals surface area contributed by atoms with Gasteiger partial charge >= 0.3 is 20.4 Å². The first-order chi connectivity index (χ1) is 31.4. The number of halogens is 20. The molecule has 0 saturated heterocycles. The molecule has 0 aromatic heterocycles. The van der Waals surface area contributed by atoms with Gasteiger partial charge in [-0.15, -0.1) is 21.9 Å². The van der Waals surface area contributed by atoms with Crippen LogP contribution >= 0.6 is 15.8 Å². The molecule has 0 heterocycles. The summed E-state index contributed by atoms with van der Waals surface area (Å²) in [6, 6.07) is 0. The van der Waals surface area contributed by atoms with Crippen molar-refractivity contribution in [2.75, 3.05) is 0 Å². The maximum Gasteiger partial charge on any atom is 2.00 e. The first kappa shape index (κ1) is 66.5. The van der Waals surface area contributed by atoms with Gasteiger partial charge in [0.25, 0.3) is 0 Å². The molecule has 0 atom stereocenters. The summed E-state index contributed by atoms with van der Waals surface area (Å²) in [5.41, 5.74) is -8.94. The fourth-order valence-corrected chi connectivity index (χ4v) is 15.6. The Kier molecular flexibility index (Phi) is 25.2. The molecule has 70 heavy (non-hydrogen) atoms. The van der Waals surface area contributed by atoms with E-state index in [1.165, 1.54) is 0 Å². The topological polar surface area (TPSA) is 40.1 Å². The first-order valence-electron chi connectivity index (χ1n) is 20.3. The molecule has 0 radical (unpaired) electrons. The quantitative estimate of drug-likeness (QED) is 0.0522. The SMILES string of the molecule is CC(=O)[O-].CC(C)P(C(C)C)C(C)C.CC(C)P(C(C)C)C(C)C.Fc1c(F)c(F)c([B-](c2c(F)c(F)c(F)c(F)c2F)(c2c(F)c(F)c(F)c(F)c2F)c2c(F)c(F)c(F)c(F)c2F)c(F)c1F.[Pd+2]. The molecule has 0 amide bonds. The van der Waals surface area contributed by atoms with Crippen molar-refractivity contribution in [1.82, 2.24) is 0 Å². The van der Waals surface area contributed by atoms with E-state index in [0.29, 0.717) is 0 Å². The van der Waals surface area contributed by atoms with Crippen molar-refractivity contribution in [3.05, 3.63) is 116 Å². The maximum absolute atomic E-state index is 15.4. The predicted octanol–water partition coefficient (Wildman–Crippen LogP) is 12.0. The van der Waals surface area contributed by atoms with Crippen LogP contribution in [0.1, 0.15) is 90.0 Å². The molecule has 0 bridgehead atoms. The van der Waals surface area contributed by atoms with Crippen LogP contribution in [0.3, 0.4) is 0 Å². The van der Waals surface area contributed by atoms with Crippen molar-refractivity contribution >= 4 is 49.8 Å². The molecule has 0 aliphatic carbocycles. The van der Waals surface area contributed by atoms with Gasteiger partial charge in [0, 0.05) is 5.97 Å². The van der Waals surface area contributed by atoms with Crippen LogP contribution in [0, 0.1) is 116 Å². The van der Waals surface area contributed by atoms with E-state index in [2.05, 4.69) is 83.1 Å². The van der Waals surface area contributed by atoms with Gasteiger partial charge in [0.1, 0.15) is 52.7 Å². The summed E-state index contributed by atoms with van der Waals surface area (Å²) in [7, 11) is 0.525. The van der Waals surface area contributed by atoms with Crippen molar-refractivity contribution < 1.29 is 118 Å². The normalized spacial score (nSPS) is 11.7. The van der Waals surface area contributed by atoms with E-state index in [4.69, 9.17) is 9.90 Å². The zero-order valence-electron chi connectivity index (χ0n) is 39.1. The second-order valence-corrected chi connectivity index (χ2v) is 24.7. The monoisotopic (exact) mass is 1160 g/mol. The Balaban J connectivity index is 0.00000156. The fraction of sp³-hybridized carbons (Fsp3) is 0.432. The van der Waals surface area contributed by atoms with Crippen molar-refractivity contribution in [3.8, 4) is 0 Å². The van der Waals surface area contributed by atoms with E-state index >= 15 is 35.1 Å². The molecule has 0 aliphatic rings. The van der Waals surface area contributed by atoms with Gasteiger partial charge in [-0.2, -0.15) is 0 Å². The van der Waals surface area contributed by atoms with Gasteiger partial charge in [0.2, 0.25) is 0 Å². The largest absolute Gasteiger partial charge is 2.00 e. The third-order valence-corrected chi connectivity index (χ3v) is 17.4. The predicted molar refractivity (Wildman–Crippen MR) is 225 cm³/mol. The number of hydrogen-bond donors (Lipinski definition) is 0. The van der Waals surface area contributed by atoms with E-state index in [1.807, 2.05) is 0 Å². The Morgan fingerprint density at radius 2 is 0.386 bits per heavy atom. The molecule has 2 nitrogen and oxygen atoms in total. The van der Waals surface area contributed by atoms with E-state index in [9.17, 15) is 52.7 Å². The standard InChI is InChI=1S/C24BF20.2C9H21P.C2H4O2.Pd/c26-5-1(6(27)14(35)21(42)13(5)34)25(2-7(28)15(36)22(43)16(37)8(2)29,3-9(30)17(38)23(44)18(39)10(3)31)4-11(32)19(40)24(45)20(41)12(4)33;2*1-7(2)10(8(3)4)9(5)6;1-2(3)4;/h;2*7-9H,1-6H3;1H3,(H,3,4);/q-1;;;;+2/p-1. The van der Waals surface area contributed by atoms with Gasteiger partial charge in [-0.25, -0.2) is 87.8 Å². The molecule has 4 aromatic carbocycles. The number of carbonyl (C=O) groups is 1. The van der Waals surface area contributed by atoms with Crippen LogP contribution in [-0.2, 0) is 25.2 Å². The summed E-state index contributed by atoms with van der Waals surface area (Å²) < 4.78 is 294. The number of carbonyl (C=O) groups excluding carboxylic acids is 1. The summed E-state index contributed by atoms with van der Waals surface area (Å²) in [5.74, 6) is -72.5. The van der Waals surface area contributed by atoms with Gasteiger partial charge in [-0.05, 0) is 40.9 Å². The van der Waals surface area contributed by atoms with Gasteiger partial charge < -0.3 is 9.90 Å². The molecule has 0 aliphatic heterocycles. The number of carboxylic acid groups (broad SMARTS) is 1. The average Bonchev–Trinajstić information content (AvgIpc) is 3.22. The molecule has 4 rings (SSSR count). The average molecular weight is 1160 g/mol. The molecule has 0 spiro atoms. The van der Waals surface area contributed by atoms with Crippen LogP contribution < -0.4 is 27.0 Å². The zero-order chi connectivity index (χ0) is 54.6. The summed E-state index contributed by atoms with van der Waals surface area (Å²) in [4.78, 5) is 8.89. The van der Waals surface area contributed by atoms with Gasteiger partial charge in [0.05, 0.1) is 0 Å². The number of rotatable bonds is 10. The Morgan fingerprint density at radius 3 is 0.457 bits per heavy atom. The summed E-state index contributed by atoms with van der Waals surface area (Å²) >= 11 is 0. The number of aliphatic carboxylic acids is 1.